The third kappa shape index (κ3) is 2.71. The quantitative estimate of drug-likeness (QED) is 0.853. The normalized spacial score (nSPS) is 22.9. The van der Waals surface area contributed by atoms with Crippen LogP contribution in [0.5, 0.6) is 0 Å². The van der Waals surface area contributed by atoms with Crippen molar-refractivity contribution in [2.45, 2.75) is 45.1 Å². The fraction of sp³-hybridized carbons (Fsp3) is 0.786. The van der Waals surface area contributed by atoms with Crippen LogP contribution in [0.3, 0.4) is 0 Å². The zero-order chi connectivity index (χ0) is 13.2. The molecule has 1 aromatic rings. The van der Waals surface area contributed by atoms with Crippen LogP contribution in [0, 0.1) is 6.92 Å². The molecule has 0 radical (unpaired) electrons. The van der Waals surface area contributed by atoms with Gasteiger partial charge >= 0.3 is 0 Å². The van der Waals surface area contributed by atoms with E-state index in [2.05, 4.69) is 19.8 Å². The van der Waals surface area contributed by atoms with E-state index in [1.165, 1.54) is 45.2 Å². The van der Waals surface area contributed by atoms with Crippen LogP contribution in [-0.4, -0.2) is 47.1 Å². The van der Waals surface area contributed by atoms with E-state index in [0.717, 1.165) is 30.8 Å². The first kappa shape index (κ1) is 12.8. The van der Waals surface area contributed by atoms with Gasteiger partial charge in [-0.2, -0.15) is 0 Å². The molecule has 5 heteroatoms. The molecule has 3 N–H and O–H groups in total. The number of aromatic amines is 1. The molecule has 0 atom stereocenters. The molecule has 0 spiro atoms. The summed E-state index contributed by atoms with van der Waals surface area (Å²) >= 11 is 0. The van der Waals surface area contributed by atoms with E-state index < -0.39 is 0 Å². The molecule has 0 unspecified atom stereocenters. The number of nitrogen functional groups attached to an aromatic ring is 1. The molecule has 2 saturated heterocycles. The Morgan fingerprint density at radius 2 is 1.79 bits per heavy atom. The largest absolute Gasteiger partial charge is 0.382 e. The Morgan fingerprint density at radius 1 is 1.11 bits per heavy atom. The van der Waals surface area contributed by atoms with Crippen LogP contribution < -0.4 is 10.6 Å². The molecule has 0 amide bonds. The van der Waals surface area contributed by atoms with Crippen molar-refractivity contribution >= 4 is 11.6 Å². The van der Waals surface area contributed by atoms with Gasteiger partial charge in [0, 0.05) is 19.1 Å². The maximum atomic E-state index is 5.98. The second-order valence-corrected chi connectivity index (χ2v) is 5.87. The van der Waals surface area contributed by atoms with Gasteiger partial charge in [0.05, 0.1) is 0 Å². The van der Waals surface area contributed by atoms with Crippen molar-refractivity contribution in [1.29, 1.82) is 0 Å². The summed E-state index contributed by atoms with van der Waals surface area (Å²) in [5.74, 6) is 2.58. The highest BCUT2D eigenvalue weighted by Gasteiger charge is 2.27. The van der Waals surface area contributed by atoms with E-state index in [1.54, 1.807) is 0 Å². The molecule has 0 saturated carbocycles. The minimum atomic E-state index is 0.717. The van der Waals surface area contributed by atoms with Crippen molar-refractivity contribution < 1.29 is 0 Å². The smallest absolute Gasteiger partial charge is 0.171 e. The summed E-state index contributed by atoms with van der Waals surface area (Å²) in [6.07, 6.45) is 6.66. The lowest BCUT2D eigenvalue weighted by Gasteiger charge is -2.40. The maximum Gasteiger partial charge on any atom is 0.171 e. The second kappa shape index (κ2) is 5.41. The number of rotatable bonds is 2. The number of likely N-dealkylation sites (tertiary alicyclic amines) is 1. The molecule has 1 aromatic heterocycles. The lowest BCUT2D eigenvalue weighted by molar-refractivity contribution is 0.141. The van der Waals surface area contributed by atoms with Crippen LogP contribution in [0.1, 0.15) is 37.9 Å². The van der Waals surface area contributed by atoms with E-state index in [4.69, 9.17) is 5.73 Å². The van der Waals surface area contributed by atoms with Crippen LogP contribution in [0.25, 0.3) is 0 Å². The Bertz CT molecular complexity index is 413. The van der Waals surface area contributed by atoms with Gasteiger partial charge in [0.15, 0.2) is 5.82 Å². The third-order valence-electron chi connectivity index (χ3n) is 4.50. The van der Waals surface area contributed by atoms with Crippen LogP contribution in [0.15, 0.2) is 0 Å². The molecule has 2 aliphatic heterocycles. The number of nitrogens with zero attached hydrogens (tertiary/aromatic N) is 3. The van der Waals surface area contributed by atoms with Crippen LogP contribution in [0.2, 0.25) is 0 Å². The Morgan fingerprint density at radius 3 is 2.37 bits per heavy atom. The van der Waals surface area contributed by atoms with Gasteiger partial charge in [-0.25, -0.2) is 4.98 Å². The molecule has 2 fully saturated rings. The number of hydrogen-bond donors (Lipinski definition) is 2. The first-order chi connectivity index (χ1) is 9.24. The molecule has 0 aliphatic carbocycles. The number of piperidine rings is 2. The molecule has 0 aromatic carbocycles. The lowest BCUT2D eigenvalue weighted by Crippen LogP contribution is -2.47. The van der Waals surface area contributed by atoms with Crippen molar-refractivity contribution in [3.63, 3.8) is 0 Å². The topological polar surface area (TPSA) is 61.2 Å². The van der Waals surface area contributed by atoms with Crippen molar-refractivity contribution in [2.75, 3.05) is 36.8 Å². The Kier molecular flexibility index (Phi) is 3.64. The van der Waals surface area contributed by atoms with Gasteiger partial charge in [-0.1, -0.05) is 6.42 Å². The predicted octanol–water partition coefficient (Wildman–Crippen LogP) is 1.76. The molecular weight excluding hydrogens is 238 g/mol. The molecule has 5 nitrogen and oxygen atoms in total. The highest BCUT2D eigenvalue weighted by Crippen LogP contribution is 2.26. The molecule has 0 bridgehead atoms. The van der Waals surface area contributed by atoms with Gasteiger partial charge in [-0.05, 0) is 45.7 Å². The summed E-state index contributed by atoms with van der Waals surface area (Å²) in [5.41, 5.74) is 5.98. The van der Waals surface area contributed by atoms with Gasteiger partial charge in [-0.15, -0.1) is 0 Å². The molecule has 2 aliphatic rings. The van der Waals surface area contributed by atoms with Gasteiger partial charge in [0.2, 0.25) is 0 Å². The molecular formula is C14H25N5. The van der Waals surface area contributed by atoms with Crippen LogP contribution in [0.4, 0.5) is 11.6 Å². The first-order valence-electron chi connectivity index (χ1n) is 7.55. The number of aromatic nitrogens is 2. The SMILES string of the molecule is Cc1nc(N2CCC(N3CCCCC3)CC2)c(N)[nH]1. The molecule has 3 heterocycles. The molecule has 3 rings (SSSR count). The molecule has 19 heavy (non-hydrogen) atoms. The number of aryl methyl sites for hydroxylation is 1. The number of H-pyrrole nitrogens is 1. The number of hydrogen-bond acceptors (Lipinski definition) is 4. The van der Waals surface area contributed by atoms with Gasteiger partial charge in [0.1, 0.15) is 11.6 Å². The zero-order valence-electron chi connectivity index (χ0n) is 11.9. The van der Waals surface area contributed by atoms with Crippen molar-refractivity contribution in [3.05, 3.63) is 5.82 Å². The monoisotopic (exact) mass is 263 g/mol. The Balaban J connectivity index is 1.58. The van der Waals surface area contributed by atoms with Gasteiger partial charge in [0.25, 0.3) is 0 Å². The number of imidazole rings is 1. The summed E-state index contributed by atoms with van der Waals surface area (Å²) in [6, 6.07) is 0.776. The van der Waals surface area contributed by atoms with E-state index in [1.807, 2.05) is 6.92 Å². The van der Waals surface area contributed by atoms with E-state index in [9.17, 15) is 0 Å². The van der Waals surface area contributed by atoms with Crippen molar-refractivity contribution in [3.8, 4) is 0 Å². The van der Waals surface area contributed by atoms with Crippen LogP contribution in [-0.2, 0) is 0 Å². The van der Waals surface area contributed by atoms with Gasteiger partial charge in [-0.3, -0.25) is 0 Å². The van der Waals surface area contributed by atoms with E-state index in [-0.39, 0.29) is 0 Å². The van der Waals surface area contributed by atoms with E-state index >= 15 is 0 Å². The predicted molar refractivity (Wildman–Crippen MR) is 78.4 cm³/mol. The number of nitrogens with two attached hydrogens (primary N) is 1. The summed E-state index contributed by atoms with van der Waals surface area (Å²) in [7, 11) is 0. The Labute approximate surface area is 115 Å². The van der Waals surface area contributed by atoms with Crippen molar-refractivity contribution in [1.82, 2.24) is 14.9 Å². The van der Waals surface area contributed by atoms with Crippen LogP contribution >= 0.6 is 0 Å². The third-order valence-corrected chi connectivity index (χ3v) is 4.50. The highest BCUT2D eigenvalue weighted by molar-refractivity contribution is 5.59. The zero-order valence-corrected chi connectivity index (χ0v) is 11.9. The standard InChI is InChI=1S/C14H25N5/c1-11-16-13(15)14(17-11)19-9-5-12(6-10-19)18-7-3-2-4-8-18/h12H,2-10,15H2,1H3,(H,16,17). The fourth-order valence-corrected chi connectivity index (χ4v) is 3.47. The minimum Gasteiger partial charge on any atom is -0.382 e. The Hall–Kier alpha value is -1.23. The second-order valence-electron chi connectivity index (χ2n) is 5.87. The van der Waals surface area contributed by atoms with E-state index in [0.29, 0.717) is 5.82 Å². The number of nitrogens with one attached hydrogen (secondary N) is 1. The summed E-state index contributed by atoms with van der Waals surface area (Å²) in [5, 5.41) is 0. The average Bonchev–Trinajstić information content (AvgIpc) is 2.79. The maximum absolute atomic E-state index is 5.98. The lowest BCUT2D eigenvalue weighted by atomic mass is 10.00. The summed E-state index contributed by atoms with van der Waals surface area (Å²) in [4.78, 5) is 12.6. The first-order valence-corrected chi connectivity index (χ1v) is 7.55. The highest BCUT2D eigenvalue weighted by atomic mass is 15.3. The molecule has 106 valence electrons. The van der Waals surface area contributed by atoms with Gasteiger partial charge < -0.3 is 20.5 Å². The van der Waals surface area contributed by atoms with Crippen molar-refractivity contribution in [2.24, 2.45) is 0 Å². The summed E-state index contributed by atoms with van der Waals surface area (Å²) in [6.45, 7) is 6.72. The summed E-state index contributed by atoms with van der Waals surface area (Å²) < 4.78 is 0. The minimum absolute atomic E-state index is 0.717. The fourth-order valence-electron chi connectivity index (χ4n) is 3.47. The number of anilines is 2. The average molecular weight is 263 g/mol.